The summed E-state index contributed by atoms with van der Waals surface area (Å²) in [7, 11) is 0. The molecular weight excluding hydrogens is 332 g/mol. The van der Waals surface area contributed by atoms with E-state index in [0.717, 1.165) is 36.9 Å². The molecule has 26 heavy (non-hydrogen) atoms. The van der Waals surface area contributed by atoms with E-state index in [1.807, 2.05) is 20.8 Å². The second-order valence-corrected chi connectivity index (χ2v) is 8.34. The molecule has 0 saturated heterocycles. The van der Waals surface area contributed by atoms with Crippen molar-refractivity contribution in [3.05, 3.63) is 17.0 Å². The SMILES string of the molecule is CC(C)(C)OC(=O)N1CCc2[nH]nc(C(=O)NC3CCCCCC3)c2C1. The van der Waals surface area contributed by atoms with Gasteiger partial charge in [0.05, 0.1) is 6.54 Å². The van der Waals surface area contributed by atoms with Gasteiger partial charge in [0, 0.05) is 30.3 Å². The lowest BCUT2D eigenvalue weighted by atomic mass is 10.0. The number of carbonyl (C=O) groups excluding carboxylic acids is 2. The molecule has 0 spiro atoms. The van der Waals surface area contributed by atoms with Gasteiger partial charge in [0.25, 0.3) is 5.91 Å². The predicted molar refractivity (Wildman–Crippen MR) is 97.9 cm³/mol. The predicted octanol–water partition coefficient (Wildman–Crippen LogP) is 3.16. The first-order chi connectivity index (χ1) is 12.3. The lowest BCUT2D eigenvalue weighted by molar-refractivity contribution is 0.0222. The Morgan fingerprint density at radius 1 is 1.19 bits per heavy atom. The fourth-order valence-electron chi connectivity index (χ4n) is 3.64. The van der Waals surface area contributed by atoms with E-state index in [9.17, 15) is 9.59 Å². The molecule has 0 radical (unpaired) electrons. The standard InChI is InChI=1S/C19H30N4O3/c1-19(2,3)26-18(25)23-11-10-15-14(12-23)16(22-21-15)17(24)20-13-8-6-4-5-7-9-13/h13H,4-12H2,1-3H3,(H,20,24)(H,21,22). The zero-order valence-electron chi connectivity index (χ0n) is 16.1. The molecule has 0 unspecified atom stereocenters. The minimum absolute atomic E-state index is 0.138. The second-order valence-electron chi connectivity index (χ2n) is 8.34. The number of aromatic nitrogens is 2. The molecule has 2 amide bonds. The molecular formula is C19H30N4O3. The molecule has 7 nitrogen and oxygen atoms in total. The van der Waals surface area contributed by atoms with Gasteiger partial charge in [-0.05, 0) is 33.6 Å². The van der Waals surface area contributed by atoms with Crippen LogP contribution in [0, 0.1) is 0 Å². The molecule has 0 atom stereocenters. The van der Waals surface area contributed by atoms with Crippen LogP contribution < -0.4 is 5.32 Å². The topological polar surface area (TPSA) is 87.3 Å². The molecule has 0 aromatic carbocycles. The van der Waals surface area contributed by atoms with Crippen LogP contribution in [0.2, 0.25) is 0 Å². The largest absolute Gasteiger partial charge is 0.444 e. The van der Waals surface area contributed by atoms with E-state index in [-0.39, 0.29) is 18.0 Å². The number of nitrogens with one attached hydrogen (secondary N) is 2. The van der Waals surface area contributed by atoms with E-state index in [1.54, 1.807) is 4.90 Å². The maximum absolute atomic E-state index is 12.7. The van der Waals surface area contributed by atoms with E-state index in [2.05, 4.69) is 15.5 Å². The van der Waals surface area contributed by atoms with E-state index in [4.69, 9.17) is 4.74 Å². The Hall–Kier alpha value is -2.05. The van der Waals surface area contributed by atoms with Crippen molar-refractivity contribution in [2.45, 2.75) is 83.9 Å². The van der Waals surface area contributed by atoms with E-state index < -0.39 is 5.60 Å². The maximum Gasteiger partial charge on any atom is 0.410 e. The molecule has 3 rings (SSSR count). The lowest BCUT2D eigenvalue weighted by Gasteiger charge is -2.30. The van der Waals surface area contributed by atoms with Crippen LogP contribution in [0.1, 0.15) is 81.0 Å². The minimum Gasteiger partial charge on any atom is -0.444 e. The Morgan fingerprint density at radius 2 is 1.88 bits per heavy atom. The van der Waals surface area contributed by atoms with Crippen molar-refractivity contribution in [2.24, 2.45) is 0 Å². The molecule has 2 heterocycles. The summed E-state index contributed by atoms with van der Waals surface area (Å²) >= 11 is 0. The van der Waals surface area contributed by atoms with Crippen LogP contribution in [0.15, 0.2) is 0 Å². The molecule has 1 aliphatic carbocycles. The summed E-state index contributed by atoms with van der Waals surface area (Å²) < 4.78 is 5.46. The van der Waals surface area contributed by atoms with Gasteiger partial charge >= 0.3 is 6.09 Å². The van der Waals surface area contributed by atoms with Gasteiger partial charge in [0.15, 0.2) is 5.69 Å². The van der Waals surface area contributed by atoms with Gasteiger partial charge in [-0.1, -0.05) is 25.7 Å². The molecule has 2 N–H and O–H groups in total. The third kappa shape index (κ3) is 4.56. The molecule has 144 valence electrons. The highest BCUT2D eigenvalue weighted by Crippen LogP contribution is 2.23. The van der Waals surface area contributed by atoms with Gasteiger partial charge in [-0.3, -0.25) is 9.89 Å². The van der Waals surface area contributed by atoms with Gasteiger partial charge < -0.3 is 15.0 Å². The number of hydrogen-bond donors (Lipinski definition) is 2. The second kappa shape index (κ2) is 7.68. The fourth-order valence-corrected chi connectivity index (χ4v) is 3.64. The van der Waals surface area contributed by atoms with Gasteiger partial charge in [-0.2, -0.15) is 5.10 Å². The van der Waals surface area contributed by atoms with Crippen molar-refractivity contribution in [1.29, 1.82) is 0 Å². The monoisotopic (exact) mass is 362 g/mol. The first kappa shape index (κ1) is 18.7. The summed E-state index contributed by atoms with van der Waals surface area (Å²) in [5, 5.41) is 10.4. The van der Waals surface area contributed by atoms with Crippen LogP contribution in [-0.4, -0.2) is 45.3 Å². The summed E-state index contributed by atoms with van der Waals surface area (Å²) in [6, 6.07) is 0.225. The van der Waals surface area contributed by atoms with Crippen molar-refractivity contribution in [3.63, 3.8) is 0 Å². The first-order valence-electron chi connectivity index (χ1n) is 9.68. The average molecular weight is 362 g/mol. The molecule has 1 fully saturated rings. The number of fused-ring (bicyclic) bond motifs is 1. The van der Waals surface area contributed by atoms with Crippen LogP contribution in [0.25, 0.3) is 0 Å². The summed E-state index contributed by atoms with van der Waals surface area (Å²) in [5.74, 6) is -0.138. The Balaban J connectivity index is 1.67. The highest BCUT2D eigenvalue weighted by Gasteiger charge is 2.30. The van der Waals surface area contributed by atoms with Crippen LogP contribution in [0.5, 0.6) is 0 Å². The van der Waals surface area contributed by atoms with Crippen molar-refractivity contribution in [1.82, 2.24) is 20.4 Å². The van der Waals surface area contributed by atoms with Gasteiger partial charge in [-0.15, -0.1) is 0 Å². The van der Waals surface area contributed by atoms with Crippen LogP contribution in [-0.2, 0) is 17.7 Å². The molecule has 1 aromatic rings. The molecule has 0 bridgehead atoms. The molecule has 1 aromatic heterocycles. The normalized spacial score (nSPS) is 18.8. The third-order valence-corrected chi connectivity index (χ3v) is 4.99. The first-order valence-corrected chi connectivity index (χ1v) is 9.68. The molecule has 1 aliphatic heterocycles. The Kier molecular flexibility index (Phi) is 5.53. The third-order valence-electron chi connectivity index (χ3n) is 4.99. The number of carbonyl (C=O) groups is 2. The molecule has 2 aliphatic rings. The van der Waals surface area contributed by atoms with Crippen molar-refractivity contribution in [2.75, 3.05) is 6.54 Å². The van der Waals surface area contributed by atoms with Crippen LogP contribution in [0.3, 0.4) is 0 Å². The van der Waals surface area contributed by atoms with E-state index in [0.29, 0.717) is 25.2 Å². The zero-order valence-corrected chi connectivity index (χ0v) is 16.1. The summed E-state index contributed by atoms with van der Waals surface area (Å²) in [4.78, 5) is 26.7. The maximum atomic E-state index is 12.7. The van der Waals surface area contributed by atoms with Gasteiger partial charge in [-0.25, -0.2) is 4.79 Å². The Labute approximate surface area is 154 Å². The smallest absolute Gasteiger partial charge is 0.410 e. The quantitative estimate of drug-likeness (QED) is 0.791. The average Bonchev–Trinajstić information content (AvgIpc) is 2.82. The number of H-pyrrole nitrogens is 1. The van der Waals surface area contributed by atoms with E-state index >= 15 is 0 Å². The van der Waals surface area contributed by atoms with Crippen molar-refractivity contribution >= 4 is 12.0 Å². The molecule has 7 heteroatoms. The fraction of sp³-hybridized carbons (Fsp3) is 0.737. The number of hydrogen-bond acceptors (Lipinski definition) is 4. The van der Waals surface area contributed by atoms with Crippen LogP contribution >= 0.6 is 0 Å². The zero-order chi connectivity index (χ0) is 18.7. The van der Waals surface area contributed by atoms with Crippen molar-refractivity contribution in [3.8, 4) is 0 Å². The Morgan fingerprint density at radius 3 is 2.54 bits per heavy atom. The Bertz CT molecular complexity index is 654. The summed E-state index contributed by atoms with van der Waals surface area (Å²) in [6.45, 7) is 6.47. The minimum atomic E-state index is -0.534. The number of ether oxygens (including phenoxy) is 1. The van der Waals surface area contributed by atoms with Gasteiger partial charge in [0.1, 0.15) is 5.60 Å². The summed E-state index contributed by atoms with van der Waals surface area (Å²) in [5.41, 5.74) is 1.63. The highest BCUT2D eigenvalue weighted by atomic mass is 16.6. The number of amides is 2. The van der Waals surface area contributed by atoms with Gasteiger partial charge in [0.2, 0.25) is 0 Å². The van der Waals surface area contributed by atoms with E-state index in [1.165, 1.54) is 12.8 Å². The number of rotatable bonds is 2. The lowest BCUT2D eigenvalue weighted by Crippen LogP contribution is -2.41. The summed E-state index contributed by atoms with van der Waals surface area (Å²) in [6.07, 6.45) is 7.18. The highest BCUT2D eigenvalue weighted by molar-refractivity contribution is 5.94. The number of aromatic amines is 1. The molecule has 1 saturated carbocycles. The van der Waals surface area contributed by atoms with Crippen LogP contribution in [0.4, 0.5) is 4.79 Å². The number of nitrogens with zero attached hydrogens (tertiary/aromatic N) is 2. The van der Waals surface area contributed by atoms with Crippen molar-refractivity contribution < 1.29 is 14.3 Å².